The number of nitrogens with one attached hydrogen (secondary N) is 2. The Hall–Kier alpha value is -1.60. The van der Waals surface area contributed by atoms with Crippen LogP contribution in [0, 0.1) is 0 Å². The lowest BCUT2D eigenvalue weighted by molar-refractivity contribution is 0.209. The number of amides is 1. The van der Waals surface area contributed by atoms with Crippen molar-refractivity contribution in [2.75, 3.05) is 17.6 Å². The van der Waals surface area contributed by atoms with E-state index < -0.39 is 15.9 Å². The van der Waals surface area contributed by atoms with Crippen molar-refractivity contribution in [1.29, 1.82) is 0 Å². The van der Waals surface area contributed by atoms with Crippen LogP contribution in [0.25, 0.3) is 0 Å². The molecule has 110 valence electrons. The summed E-state index contributed by atoms with van der Waals surface area (Å²) in [6.07, 6.45) is 0.664. The SMILES string of the molecule is CCS(=O)(=O)c1ccc(NC(=O)O)cc1C1CCCN1. The van der Waals surface area contributed by atoms with E-state index in [0.717, 1.165) is 19.4 Å². The summed E-state index contributed by atoms with van der Waals surface area (Å²) in [6, 6.07) is 4.54. The summed E-state index contributed by atoms with van der Waals surface area (Å²) >= 11 is 0. The van der Waals surface area contributed by atoms with E-state index in [-0.39, 0.29) is 16.7 Å². The topological polar surface area (TPSA) is 95.5 Å². The molecule has 3 N–H and O–H groups in total. The number of sulfone groups is 1. The van der Waals surface area contributed by atoms with Crippen LogP contribution in [0.15, 0.2) is 23.1 Å². The second-order valence-corrected chi connectivity index (χ2v) is 6.98. The number of carbonyl (C=O) groups is 1. The van der Waals surface area contributed by atoms with Crippen LogP contribution in [0.1, 0.15) is 31.4 Å². The van der Waals surface area contributed by atoms with E-state index in [1.807, 2.05) is 0 Å². The summed E-state index contributed by atoms with van der Waals surface area (Å²) in [5, 5.41) is 14.3. The molecule has 1 unspecified atom stereocenters. The standard InChI is InChI=1S/C13H18N2O4S/c1-2-20(18,19)12-6-5-9(15-13(16)17)8-10(12)11-4-3-7-14-11/h5-6,8,11,14-15H,2-4,7H2,1H3,(H,16,17). The van der Waals surface area contributed by atoms with Crippen molar-refractivity contribution in [2.45, 2.75) is 30.7 Å². The zero-order valence-corrected chi connectivity index (χ0v) is 12.0. The van der Waals surface area contributed by atoms with E-state index >= 15 is 0 Å². The van der Waals surface area contributed by atoms with Gasteiger partial charge in [-0.25, -0.2) is 13.2 Å². The molecule has 1 fully saturated rings. The molecule has 1 saturated heterocycles. The summed E-state index contributed by atoms with van der Waals surface area (Å²) in [5.74, 6) is 0.0262. The normalized spacial score (nSPS) is 18.9. The first-order valence-electron chi connectivity index (χ1n) is 6.54. The maximum absolute atomic E-state index is 12.1. The van der Waals surface area contributed by atoms with Gasteiger partial charge in [-0.15, -0.1) is 0 Å². The highest BCUT2D eigenvalue weighted by Crippen LogP contribution is 2.31. The van der Waals surface area contributed by atoms with Crippen molar-refractivity contribution >= 4 is 21.6 Å². The Morgan fingerprint density at radius 2 is 2.25 bits per heavy atom. The average molecular weight is 298 g/mol. The summed E-state index contributed by atoms with van der Waals surface area (Å²) in [5.41, 5.74) is 1.03. The number of carboxylic acid groups (broad SMARTS) is 1. The molecule has 20 heavy (non-hydrogen) atoms. The summed E-state index contributed by atoms with van der Waals surface area (Å²) in [7, 11) is -3.33. The predicted molar refractivity (Wildman–Crippen MR) is 75.8 cm³/mol. The number of rotatable bonds is 4. The fraction of sp³-hybridized carbons (Fsp3) is 0.462. The first-order valence-corrected chi connectivity index (χ1v) is 8.19. The highest BCUT2D eigenvalue weighted by Gasteiger charge is 2.25. The minimum atomic E-state index is -3.33. The quantitative estimate of drug-likeness (QED) is 0.790. The van der Waals surface area contributed by atoms with Crippen molar-refractivity contribution in [3.63, 3.8) is 0 Å². The van der Waals surface area contributed by atoms with Gasteiger partial charge in [0.05, 0.1) is 10.6 Å². The number of hydrogen-bond donors (Lipinski definition) is 3. The van der Waals surface area contributed by atoms with Crippen LogP contribution < -0.4 is 10.6 Å². The predicted octanol–water partition coefficient (Wildman–Crippen LogP) is 1.99. The van der Waals surface area contributed by atoms with Crippen LogP contribution in [0.4, 0.5) is 10.5 Å². The van der Waals surface area contributed by atoms with Crippen molar-refractivity contribution in [2.24, 2.45) is 0 Å². The zero-order chi connectivity index (χ0) is 14.8. The Morgan fingerprint density at radius 3 is 2.80 bits per heavy atom. The Morgan fingerprint density at radius 1 is 1.50 bits per heavy atom. The highest BCUT2D eigenvalue weighted by molar-refractivity contribution is 7.91. The van der Waals surface area contributed by atoms with Gasteiger partial charge in [-0.3, -0.25) is 5.32 Å². The van der Waals surface area contributed by atoms with E-state index in [1.165, 1.54) is 12.1 Å². The number of hydrogen-bond acceptors (Lipinski definition) is 4. The van der Waals surface area contributed by atoms with Crippen LogP contribution in [0.2, 0.25) is 0 Å². The highest BCUT2D eigenvalue weighted by atomic mass is 32.2. The molecule has 0 aliphatic carbocycles. The molecule has 1 aromatic rings. The van der Waals surface area contributed by atoms with E-state index in [4.69, 9.17) is 5.11 Å². The van der Waals surface area contributed by atoms with Crippen LogP contribution in [-0.4, -0.2) is 31.9 Å². The Kier molecular flexibility index (Phi) is 4.29. The maximum atomic E-state index is 12.1. The molecule has 1 aliphatic heterocycles. The second-order valence-electron chi connectivity index (χ2n) is 4.74. The molecule has 0 aromatic heterocycles. The molecule has 0 radical (unpaired) electrons. The van der Waals surface area contributed by atoms with Gasteiger partial charge in [0.1, 0.15) is 0 Å². The first kappa shape index (κ1) is 14.8. The molecule has 1 aliphatic rings. The summed E-state index contributed by atoms with van der Waals surface area (Å²) in [4.78, 5) is 11.0. The fourth-order valence-electron chi connectivity index (χ4n) is 2.41. The van der Waals surface area contributed by atoms with Gasteiger partial charge < -0.3 is 10.4 Å². The zero-order valence-electron chi connectivity index (χ0n) is 11.2. The Balaban J connectivity index is 2.48. The lowest BCUT2D eigenvalue weighted by Crippen LogP contribution is -2.18. The summed E-state index contributed by atoms with van der Waals surface area (Å²) < 4.78 is 24.3. The number of anilines is 1. The molecule has 2 rings (SSSR count). The lowest BCUT2D eigenvalue weighted by atomic mass is 10.0. The van der Waals surface area contributed by atoms with E-state index in [1.54, 1.807) is 13.0 Å². The van der Waals surface area contributed by atoms with Gasteiger partial charge in [0.15, 0.2) is 9.84 Å². The van der Waals surface area contributed by atoms with Crippen molar-refractivity contribution in [3.8, 4) is 0 Å². The largest absolute Gasteiger partial charge is 0.465 e. The third-order valence-electron chi connectivity index (χ3n) is 3.41. The molecular formula is C13H18N2O4S. The first-order chi connectivity index (χ1) is 9.44. The molecule has 1 heterocycles. The fourth-order valence-corrected chi connectivity index (χ4v) is 3.56. The lowest BCUT2D eigenvalue weighted by Gasteiger charge is -2.17. The Labute approximate surface area is 118 Å². The number of benzene rings is 1. The van der Waals surface area contributed by atoms with Gasteiger partial charge >= 0.3 is 6.09 Å². The van der Waals surface area contributed by atoms with Crippen molar-refractivity contribution < 1.29 is 18.3 Å². The molecule has 6 nitrogen and oxygen atoms in total. The van der Waals surface area contributed by atoms with Crippen LogP contribution in [0.3, 0.4) is 0 Å². The molecule has 7 heteroatoms. The molecule has 1 aromatic carbocycles. The van der Waals surface area contributed by atoms with E-state index in [9.17, 15) is 13.2 Å². The van der Waals surface area contributed by atoms with Crippen molar-refractivity contribution in [3.05, 3.63) is 23.8 Å². The van der Waals surface area contributed by atoms with Crippen molar-refractivity contribution in [1.82, 2.24) is 5.32 Å². The summed E-state index contributed by atoms with van der Waals surface area (Å²) in [6.45, 7) is 2.44. The van der Waals surface area contributed by atoms with Crippen LogP contribution in [-0.2, 0) is 9.84 Å². The minimum absolute atomic E-state index is 0.0262. The van der Waals surface area contributed by atoms with E-state index in [2.05, 4.69) is 10.6 Å². The molecule has 0 saturated carbocycles. The average Bonchev–Trinajstić information content (AvgIpc) is 2.91. The molecule has 0 bridgehead atoms. The third kappa shape index (κ3) is 3.10. The van der Waals surface area contributed by atoms with Gasteiger partial charge in [-0.1, -0.05) is 6.92 Å². The molecule has 1 amide bonds. The monoisotopic (exact) mass is 298 g/mol. The van der Waals surface area contributed by atoms with E-state index in [0.29, 0.717) is 11.3 Å². The van der Waals surface area contributed by atoms with Gasteiger partial charge in [0, 0.05) is 11.7 Å². The molecular weight excluding hydrogens is 280 g/mol. The Bertz CT molecular complexity index is 607. The second kappa shape index (κ2) is 5.80. The van der Waals surface area contributed by atoms with Gasteiger partial charge in [-0.05, 0) is 43.1 Å². The molecule has 0 spiro atoms. The van der Waals surface area contributed by atoms with Gasteiger partial charge in [-0.2, -0.15) is 0 Å². The van der Waals surface area contributed by atoms with Crippen LogP contribution >= 0.6 is 0 Å². The third-order valence-corrected chi connectivity index (χ3v) is 5.21. The minimum Gasteiger partial charge on any atom is -0.465 e. The molecule has 1 atom stereocenters. The smallest absolute Gasteiger partial charge is 0.409 e. The maximum Gasteiger partial charge on any atom is 0.409 e. The van der Waals surface area contributed by atoms with Crippen LogP contribution in [0.5, 0.6) is 0 Å². The van der Waals surface area contributed by atoms with Gasteiger partial charge in [0.2, 0.25) is 0 Å². The van der Waals surface area contributed by atoms with Gasteiger partial charge in [0.25, 0.3) is 0 Å².